The van der Waals surface area contributed by atoms with Crippen molar-refractivity contribution < 1.29 is 9.59 Å². The lowest BCUT2D eigenvalue weighted by atomic mass is 10.0. The number of carbonyl (C=O) groups is 2. The topological polar surface area (TPSA) is 99.5 Å². The van der Waals surface area contributed by atoms with E-state index in [0.717, 1.165) is 28.3 Å². The number of imidazole rings is 2. The van der Waals surface area contributed by atoms with Crippen molar-refractivity contribution in [1.29, 1.82) is 0 Å². The highest BCUT2D eigenvalue weighted by atomic mass is 16.2. The van der Waals surface area contributed by atoms with Crippen LogP contribution in [0.15, 0.2) is 85.7 Å². The molecule has 2 unspecified atom stereocenters. The second kappa shape index (κ2) is 10.8. The molecule has 2 atom stereocenters. The van der Waals surface area contributed by atoms with E-state index in [0.29, 0.717) is 49.0 Å². The molecule has 0 bridgehead atoms. The van der Waals surface area contributed by atoms with Crippen molar-refractivity contribution in [3.05, 3.63) is 108 Å². The molecule has 9 nitrogen and oxygen atoms in total. The van der Waals surface area contributed by atoms with Gasteiger partial charge in [-0.3, -0.25) is 9.59 Å². The first-order valence-electron chi connectivity index (χ1n) is 14.5. The molecule has 1 N–H and O–H groups in total. The Morgan fingerprint density at radius 1 is 0.884 bits per heavy atom. The number of hydrogen-bond acceptors (Lipinski definition) is 5. The molecule has 4 aromatic heterocycles. The number of hydrogen-bond donors (Lipinski definition) is 1. The smallest absolute Gasteiger partial charge is 0.272 e. The molecular weight excluding hydrogens is 538 g/mol. The number of fused-ring (bicyclic) bond motifs is 2. The Kier molecular flexibility index (Phi) is 6.69. The normalized spacial score (nSPS) is 18.1. The lowest BCUT2D eigenvalue weighted by Gasteiger charge is -2.22. The van der Waals surface area contributed by atoms with Crippen molar-refractivity contribution in [2.75, 3.05) is 26.2 Å². The van der Waals surface area contributed by atoms with Crippen LogP contribution in [-0.4, -0.2) is 72.1 Å². The highest BCUT2D eigenvalue weighted by molar-refractivity contribution is 5.96. The van der Waals surface area contributed by atoms with Gasteiger partial charge in [-0.25, -0.2) is 15.0 Å². The number of pyridine rings is 2. The summed E-state index contributed by atoms with van der Waals surface area (Å²) < 4.78 is 1.97. The van der Waals surface area contributed by atoms with Gasteiger partial charge < -0.3 is 19.2 Å². The lowest BCUT2D eigenvalue weighted by Crippen LogP contribution is -2.36. The number of likely N-dealkylation sites (tertiary alicyclic amines) is 2. The molecule has 2 aliphatic heterocycles. The lowest BCUT2D eigenvalue weighted by molar-refractivity contribution is 0.0735. The monoisotopic (exact) mass is 569 g/mol. The molecule has 5 aromatic rings. The van der Waals surface area contributed by atoms with Gasteiger partial charge in [0.25, 0.3) is 11.8 Å². The maximum absolute atomic E-state index is 13.5. The number of amides is 2. The second-order valence-corrected chi connectivity index (χ2v) is 11.1. The second-order valence-electron chi connectivity index (χ2n) is 11.1. The van der Waals surface area contributed by atoms with E-state index in [1.54, 1.807) is 12.1 Å². The minimum absolute atomic E-state index is 0.0156. The van der Waals surface area contributed by atoms with E-state index in [9.17, 15) is 9.59 Å². The largest absolute Gasteiger partial charge is 0.338 e. The van der Waals surface area contributed by atoms with Gasteiger partial charge in [0.05, 0.1) is 17.1 Å². The van der Waals surface area contributed by atoms with Gasteiger partial charge in [0.2, 0.25) is 0 Å². The fourth-order valence-electron chi connectivity index (χ4n) is 6.20. The van der Waals surface area contributed by atoms with Gasteiger partial charge in [0.1, 0.15) is 17.0 Å². The summed E-state index contributed by atoms with van der Waals surface area (Å²) in [6, 6.07) is 19.0. The maximum Gasteiger partial charge on any atom is 0.272 e. The van der Waals surface area contributed by atoms with E-state index in [2.05, 4.69) is 21.5 Å². The number of allylic oxidation sites excluding steroid dienone is 1. The number of nitrogens with one attached hydrogen (secondary N) is 1. The summed E-state index contributed by atoms with van der Waals surface area (Å²) in [6.45, 7) is 8.25. The first-order valence-corrected chi connectivity index (χ1v) is 14.5. The standard InChI is InChI=1S/C34H31N7O2/c1-3-9-27-26(4-2)37-32(38-27)28-12-8-13-29(35-28)34(43)41-19-24-17-40(18-25(24)20-41)33(42)23-11-7-10-22(16-23)30-21-39-15-6-5-14-31(39)36-30/h3-16,21,24-25H,2,17-20H2,1H3,(H,37,38)/b9-3-. The molecule has 43 heavy (non-hydrogen) atoms. The summed E-state index contributed by atoms with van der Waals surface area (Å²) in [5.74, 6) is 0.985. The van der Waals surface area contributed by atoms with Gasteiger partial charge in [0, 0.05) is 61.5 Å². The molecule has 9 heteroatoms. The third kappa shape index (κ3) is 4.92. The molecular formula is C34H31N7O2. The van der Waals surface area contributed by atoms with Crippen LogP contribution in [0.2, 0.25) is 0 Å². The fraction of sp³-hybridized carbons (Fsp3) is 0.206. The molecule has 2 fully saturated rings. The molecule has 6 heterocycles. The average Bonchev–Trinajstić information content (AvgIpc) is 3.83. The molecule has 2 saturated heterocycles. The number of benzene rings is 1. The highest BCUT2D eigenvalue weighted by Gasteiger charge is 2.43. The number of carbonyl (C=O) groups excluding carboxylic acids is 2. The third-order valence-electron chi connectivity index (χ3n) is 8.33. The van der Waals surface area contributed by atoms with Crippen molar-refractivity contribution in [1.82, 2.24) is 34.1 Å². The van der Waals surface area contributed by atoms with Gasteiger partial charge in [-0.2, -0.15) is 0 Å². The number of nitrogens with zero attached hydrogens (tertiary/aromatic N) is 6. The summed E-state index contributed by atoms with van der Waals surface area (Å²) in [7, 11) is 0. The van der Waals surface area contributed by atoms with E-state index < -0.39 is 0 Å². The van der Waals surface area contributed by atoms with E-state index in [1.165, 1.54) is 0 Å². The molecule has 2 aliphatic rings. The predicted octanol–water partition coefficient (Wildman–Crippen LogP) is 5.31. The molecule has 2 amide bonds. The average molecular weight is 570 g/mol. The summed E-state index contributed by atoms with van der Waals surface area (Å²) in [6.07, 6.45) is 9.48. The zero-order valence-corrected chi connectivity index (χ0v) is 23.9. The van der Waals surface area contributed by atoms with Gasteiger partial charge in [-0.1, -0.05) is 36.9 Å². The molecule has 7 rings (SSSR count). The van der Waals surface area contributed by atoms with Crippen LogP contribution in [0.5, 0.6) is 0 Å². The minimum atomic E-state index is -0.0986. The SMILES string of the molecule is C=Cc1[nH]c(-c2cccc(C(=O)N3CC4CN(C(=O)c5cccc(-c6cn7ccccc7n6)c5)CC4C3)n2)nc1/C=C\C. The van der Waals surface area contributed by atoms with Gasteiger partial charge in [-0.05, 0) is 55.5 Å². The third-order valence-corrected chi connectivity index (χ3v) is 8.33. The van der Waals surface area contributed by atoms with E-state index >= 15 is 0 Å². The number of rotatable bonds is 6. The quantitative estimate of drug-likeness (QED) is 0.299. The maximum atomic E-state index is 13.5. The first-order chi connectivity index (χ1) is 21.0. The molecule has 0 saturated carbocycles. The summed E-state index contributed by atoms with van der Waals surface area (Å²) in [4.78, 5) is 48.0. The Labute approximate surface area is 249 Å². The van der Waals surface area contributed by atoms with Gasteiger partial charge in [-0.15, -0.1) is 0 Å². The van der Waals surface area contributed by atoms with Crippen molar-refractivity contribution in [2.24, 2.45) is 11.8 Å². The summed E-state index contributed by atoms with van der Waals surface area (Å²) in [5, 5.41) is 0. The fourth-order valence-corrected chi connectivity index (χ4v) is 6.20. The number of aromatic amines is 1. The molecule has 0 spiro atoms. The van der Waals surface area contributed by atoms with Crippen LogP contribution < -0.4 is 0 Å². The zero-order chi connectivity index (χ0) is 29.5. The Balaban J connectivity index is 1.02. The van der Waals surface area contributed by atoms with E-state index in [1.807, 2.05) is 100 Å². The van der Waals surface area contributed by atoms with Crippen LogP contribution in [0.25, 0.3) is 40.6 Å². The summed E-state index contributed by atoms with van der Waals surface area (Å²) >= 11 is 0. The Morgan fingerprint density at radius 3 is 2.40 bits per heavy atom. The molecule has 1 aromatic carbocycles. The van der Waals surface area contributed by atoms with E-state index in [-0.39, 0.29) is 23.7 Å². The zero-order valence-electron chi connectivity index (χ0n) is 23.9. The van der Waals surface area contributed by atoms with Crippen molar-refractivity contribution in [2.45, 2.75) is 6.92 Å². The van der Waals surface area contributed by atoms with Crippen LogP contribution in [0.3, 0.4) is 0 Å². The molecule has 0 radical (unpaired) electrons. The van der Waals surface area contributed by atoms with Gasteiger partial charge >= 0.3 is 0 Å². The Morgan fingerprint density at radius 2 is 1.65 bits per heavy atom. The van der Waals surface area contributed by atoms with Crippen molar-refractivity contribution in [3.8, 4) is 22.8 Å². The molecule has 214 valence electrons. The van der Waals surface area contributed by atoms with E-state index in [4.69, 9.17) is 4.98 Å². The van der Waals surface area contributed by atoms with Crippen molar-refractivity contribution >= 4 is 29.6 Å². The van der Waals surface area contributed by atoms with Crippen LogP contribution in [0.1, 0.15) is 39.2 Å². The number of H-pyrrole nitrogens is 1. The number of aromatic nitrogens is 5. The highest BCUT2D eigenvalue weighted by Crippen LogP contribution is 2.33. The predicted molar refractivity (Wildman–Crippen MR) is 166 cm³/mol. The van der Waals surface area contributed by atoms with Gasteiger partial charge in [0.15, 0.2) is 5.82 Å². The summed E-state index contributed by atoms with van der Waals surface area (Å²) in [5.41, 5.74) is 5.83. The Hall–Kier alpha value is -5.31. The van der Waals surface area contributed by atoms with Crippen molar-refractivity contribution in [3.63, 3.8) is 0 Å². The van der Waals surface area contributed by atoms with Crippen LogP contribution >= 0.6 is 0 Å². The van der Waals surface area contributed by atoms with Crippen LogP contribution in [0.4, 0.5) is 0 Å². The molecule has 0 aliphatic carbocycles. The minimum Gasteiger partial charge on any atom is -0.338 e. The van der Waals surface area contributed by atoms with Crippen LogP contribution in [0, 0.1) is 11.8 Å². The Bertz CT molecular complexity index is 1850. The first kappa shape index (κ1) is 26.6. The van der Waals surface area contributed by atoms with Crippen LogP contribution in [-0.2, 0) is 0 Å².